The first-order valence-corrected chi connectivity index (χ1v) is 9.05. The van der Waals surface area contributed by atoms with E-state index in [2.05, 4.69) is 55.1 Å². The predicted molar refractivity (Wildman–Crippen MR) is 96.7 cm³/mol. The Balaban J connectivity index is 1.35. The molecule has 2 heterocycles. The summed E-state index contributed by atoms with van der Waals surface area (Å²) in [5, 5.41) is 2.89. The van der Waals surface area contributed by atoms with Crippen molar-refractivity contribution < 1.29 is 4.79 Å². The summed E-state index contributed by atoms with van der Waals surface area (Å²) in [6, 6.07) is 8.69. The molecule has 0 unspecified atom stereocenters. The van der Waals surface area contributed by atoms with Crippen molar-refractivity contribution in [1.82, 2.24) is 19.0 Å². The van der Waals surface area contributed by atoms with Gasteiger partial charge in [-0.25, -0.2) is 0 Å². The number of hydrogen-bond donors (Lipinski definition) is 1. The Bertz CT molecular complexity index is 653. The van der Waals surface area contributed by atoms with Gasteiger partial charge in [-0.2, -0.15) is 8.75 Å². The number of anilines is 1. The normalized spacial score (nSPS) is 15.5. The number of hydrogen-bond acceptors (Lipinski definition) is 6. The molecule has 1 N–H and O–H groups in total. The van der Waals surface area contributed by atoms with Gasteiger partial charge in [-0.3, -0.25) is 9.69 Å². The van der Waals surface area contributed by atoms with Gasteiger partial charge in [-0.05, 0) is 37.6 Å². The molecule has 3 rings (SSSR count). The first-order valence-electron chi connectivity index (χ1n) is 8.32. The van der Waals surface area contributed by atoms with Crippen LogP contribution >= 0.6 is 11.7 Å². The number of nitrogens with zero attached hydrogens (tertiary/aromatic N) is 4. The van der Waals surface area contributed by atoms with Gasteiger partial charge in [-0.15, -0.1) is 0 Å². The van der Waals surface area contributed by atoms with Gasteiger partial charge in [0, 0.05) is 38.4 Å². The summed E-state index contributed by atoms with van der Waals surface area (Å²) in [6.45, 7) is 8.07. The molecular formula is C17H23N5OS. The molecule has 1 aliphatic heterocycles. The Labute approximate surface area is 146 Å². The molecule has 0 saturated carbocycles. The minimum Gasteiger partial charge on any atom is -0.369 e. The second kappa shape index (κ2) is 8.21. The van der Waals surface area contributed by atoms with Crippen molar-refractivity contribution in [2.24, 2.45) is 0 Å². The van der Waals surface area contributed by atoms with Crippen LogP contribution in [-0.2, 0) is 0 Å². The van der Waals surface area contributed by atoms with Gasteiger partial charge >= 0.3 is 0 Å². The number of piperazine rings is 1. The Morgan fingerprint density at radius 3 is 2.83 bits per heavy atom. The Morgan fingerprint density at radius 2 is 2.12 bits per heavy atom. The predicted octanol–water partition coefficient (Wildman–Crippen LogP) is 1.79. The average Bonchev–Trinajstić information content (AvgIpc) is 3.14. The van der Waals surface area contributed by atoms with E-state index in [1.165, 1.54) is 17.4 Å². The summed E-state index contributed by atoms with van der Waals surface area (Å²) in [5.41, 5.74) is 3.03. The van der Waals surface area contributed by atoms with Crippen molar-refractivity contribution in [3.63, 3.8) is 0 Å². The molecule has 1 saturated heterocycles. The van der Waals surface area contributed by atoms with E-state index >= 15 is 0 Å². The summed E-state index contributed by atoms with van der Waals surface area (Å²) < 4.78 is 7.77. The molecule has 2 aromatic rings. The first-order chi connectivity index (χ1) is 11.7. The fourth-order valence-electron chi connectivity index (χ4n) is 2.91. The SMILES string of the molecule is Cc1cccc(N2CCN(CCCNC(=O)c3cnsn3)CC2)c1. The first kappa shape index (κ1) is 16.9. The average molecular weight is 345 g/mol. The van der Waals surface area contributed by atoms with E-state index in [4.69, 9.17) is 0 Å². The summed E-state index contributed by atoms with van der Waals surface area (Å²) >= 11 is 1.06. The van der Waals surface area contributed by atoms with Crippen LogP contribution in [0.15, 0.2) is 30.5 Å². The molecule has 0 spiro atoms. The second-order valence-corrected chi connectivity index (χ2v) is 6.63. The van der Waals surface area contributed by atoms with E-state index in [0.717, 1.165) is 50.9 Å². The molecule has 1 fully saturated rings. The maximum atomic E-state index is 11.8. The molecule has 1 aromatic carbocycles. The molecular weight excluding hydrogens is 322 g/mol. The van der Waals surface area contributed by atoms with Crippen molar-refractivity contribution in [1.29, 1.82) is 0 Å². The lowest BCUT2D eigenvalue weighted by Gasteiger charge is -2.36. The highest BCUT2D eigenvalue weighted by Gasteiger charge is 2.17. The van der Waals surface area contributed by atoms with Gasteiger partial charge in [-0.1, -0.05) is 12.1 Å². The largest absolute Gasteiger partial charge is 0.369 e. The van der Waals surface area contributed by atoms with Crippen LogP contribution in [0, 0.1) is 6.92 Å². The molecule has 7 heteroatoms. The van der Waals surface area contributed by atoms with Crippen LogP contribution in [0.3, 0.4) is 0 Å². The lowest BCUT2D eigenvalue weighted by Crippen LogP contribution is -2.47. The van der Waals surface area contributed by atoms with Crippen LogP contribution in [0.5, 0.6) is 0 Å². The zero-order valence-electron chi connectivity index (χ0n) is 13.9. The molecule has 1 aromatic heterocycles. The summed E-state index contributed by atoms with van der Waals surface area (Å²) in [6.07, 6.45) is 2.46. The van der Waals surface area contributed by atoms with Crippen LogP contribution in [-0.4, -0.2) is 58.8 Å². The summed E-state index contributed by atoms with van der Waals surface area (Å²) in [4.78, 5) is 16.7. The minimum atomic E-state index is -0.131. The lowest BCUT2D eigenvalue weighted by atomic mass is 10.2. The number of carbonyl (C=O) groups is 1. The second-order valence-electron chi connectivity index (χ2n) is 6.07. The number of nitrogens with one attached hydrogen (secondary N) is 1. The van der Waals surface area contributed by atoms with E-state index in [-0.39, 0.29) is 5.91 Å². The monoisotopic (exact) mass is 345 g/mol. The highest BCUT2D eigenvalue weighted by molar-refractivity contribution is 6.99. The number of carbonyl (C=O) groups excluding carboxylic acids is 1. The molecule has 24 heavy (non-hydrogen) atoms. The number of amides is 1. The van der Waals surface area contributed by atoms with Crippen LogP contribution < -0.4 is 10.2 Å². The van der Waals surface area contributed by atoms with Crippen molar-refractivity contribution in [3.8, 4) is 0 Å². The topological polar surface area (TPSA) is 61.4 Å². The van der Waals surface area contributed by atoms with Gasteiger partial charge in [0.1, 0.15) is 0 Å². The maximum Gasteiger partial charge on any atom is 0.272 e. The summed E-state index contributed by atoms with van der Waals surface area (Å²) in [7, 11) is 0. The minimum absolute atomic E-state index is 0.131. The molecule has 0 bridgehead atoms. The zero-order valence-corrected chi connectivity index (χ0v) is 14.8. The van der Waals surface area contributed by atoms with Gasteiger partial charge in [0.15, 0.2) is 5.69 Å². The van der Waals surface area contributed by atoms with Crippen LogP contribution in [0.25, 0.3) is 0 Å². The van der Waals surface area contributed by atoms with E-state index in [1.54, 1.807) is 0 Å². The highest BCUT2D eigenvalue weighted by Crippen LogP contribution is 2.17. The number of rotatable bonds is 6. The molecule has 1 amide bonds. The Morgan fingerprint density at radius 1 is 1.29 bits per heavy atom. The zero-order chi connectivity index (χ0) is 16.8. The van der Waals surface area contributed by atoms with Gasteiger partial charge in [0.2, 0.25) is 0 Å². The van der Waals surface area contributed by atoms with Crippen molar-refractivity contribution >= 4 is 23.3 Å². The molecule has 0 radical (unpaired) electrons. The molecule has 0 atom stereocenters. The van der Waals surface area contributed by atoms with E-state index < -0.39 is 0 Å². The van der Waals surface area contributed by atoms with Crippen LogP contribution in [0.1, 0.15) is 22.5 Å². The number of benzene rings is 1. The van der Waals surface area contributed by atoms with E-state index in [1.807, 2.05) is 0 Å². The van der Waals surface area contributed by atoms with Gasteiger partial charge < -0.3 is 10.2 Å². The van der Waals surface area contributed by atoms with Crippen LogP contribution in [0.2, 0.25) is 0 Å². The third-order valence-electron chi connectivity index (χ3n) is 4.27. The standard InChI is InChI=1S/C17H23N5OS/c1-14-4-2-5-15(12-14)22-10-8-21(9-11-22)7-3-6-18-17(23)16-13-19-24-20-16/h2,4-5,12-13H,3,6-11H2,1H3,(H,18,23). The number of aromatic nitrogens is 2. The van der Waals surface area contributed by atoms with Crippen LogP contribution in [0.4, 0.5) is 5.69 Å². The van der Waals surface area contributed by atoms with Crippen molar-refractivity contribution in [3.05, 3.63) is 41.7 Å². The van der Waals surface area contributed by atoms with Crippen molar-refractivity contribution in [2.75, 3.05) is 44.2 Å². The molecule has 1 aliphatic rings. The summed E-state index contributed by atoms with van der Waals surface area (Å²) in [5.74, 6) is -0.131. The third kappa shape index (κ3) is 4.52. The Kier molecular flexibility index (Phi) is 5.77. The van der Waals surface area contributed by atoms with Gasteiger partial charge in [0.05, 0.1) is 17.9 Å². The van der Waals surface area contributed by atoms with Crippen molar-refractivity contribution in [2.45, 2.75) is 13.3 Å². The fourth-order valence-corrected chi connectivity index (χ4v) is 3.33. The fraction of sp³-hybridized carbons (Fsp3) is 0.471. The lowest BCUT2D eigenvalue weighted by molar-refractivity contribution is 0.0947. The quantitative estimate of drug-likeness (QED) is 0.809. The van der Waals surface area contributed by atoms with E-state index in [9.17, 15) is 4.79 Å². The maximum absolute atomic E-state index is 11.8. The molecule has 128 valence electrons. The highest BCUT2D eigenvalue weighted by atomic mass is 32.1. The number of aryl methyl sites for hydroxylation is 1. The molecule has 0 aliphatic carbocycles. The van der Waals surface area contributed by atoms with Gasteiger partial charge in [0.25, 0.3) is 5.91 Å². The molecule has 6 nitrogen and oxygen atoms in total. The van der Waals surface area contributed by atoms with E-state index in [0.29, 0.717) is 12.2 Å². The third-order valence-corrected chi connectivity index (χ3v) is 4.75. The smallest absolute Gasteiger partial charge is 0.272 e. The Hall–Kier alpha value is -1.99.